The molecule has 0 radical (unpaired) electrons. The molecule has 2 aromatic carbocycles. The van der Waals surface area contributed by atoms with Crippen LogP contribution in [0.15, 0.2) is 48.5 Å². The fourth-order valence-corrected chi connectivity index (χ4v) is 2.69. The molecule has 1 aromatic heterocycles. The summed E-state index contributed by atoms with van der Waals surface area (Å²) in [6, 6.07) is 16.0. The topological polar surface area (TPSA) is 64.9 Å². The Morgan fingerprint density at radius 2 is 1.76 bits per heavy atom. The lowest BCUT2D eigenvalue weighted by molar-refractivity contribution is 0.414. The Morgan fingerprint density at radius 3 is 2.36 bits per heavy atom. The first-order valence-electron chi connectivity index (χ1n) is 8.34. The van der Waals surface area contributed by atoms with Gasteiger partial charge in [0.25, 0.3) is 0 Å². The molecule has 1 N–H and O–H groups in total. The van der Waals surface area contributed by atoms with E-state index in [1.807, 2.05) is 36.4 Å². The predicted octanol–water partition coefficient (Wildman–Crippen LogP) is 3.72. The summed E-state index contributed by atoms with van der Waals surface area (Å²) in [5, 5.41) is 16.0. The van der Waals surface area contributed by atoms with Gasteiger partial charge in [0.1, 0.15) is 5.75 Å². The fourth-order valence-electron chi connectivity index (χ4n) is 2.69. The van der Waals surface area contributed by atoms with Crippen molar-refractivity contribution >= 4 is 5.69 Å². The van der Waals surface area contributed by atoms with Crippen molar-refractivity contribution in [1.29, 1.82) is 0 Å². The zero-order valence-electron chi connectivity index (χ0n) is 15.0. The third-order valence-electron chi connectivity index (χ3n) is 4.46. The van der Waals surface area contributed by atoms with Crippen LogP contribution in [0.1, 0.15) is 31.7 Å². The summed E-state index contributed by atoms with van der Waals surface area (Å²) >= 11 is 0. The molecule has 6 heteroatoms. The SMILES string of the molecule is CC[C@](C)(Nc1ccc(OC)cc1)c1nnnn1-c1ccc(C)cc1. The number of rotatable bonds is 6. The van der Waals surface area contributed by atoms with E-state index in [2.05, 4.69) is 53.7 Å². The van der Waals surface area contributed by atoms with Crippen molar-refractivity contribution in [2.45, 2.75) is 32.7 Å². The number of methoxy groups -OCH3 is 1. The molecule has 3 rings (SSSR count). The number of benzene rings is 2. The first-order valence-corrected chi connectivity index (χ1v) is 8.34. The number of tetrazole rings is 1. The molecule has 0 aliphatic rings. The summed E-state index contributed by atoms with van der Waals surface area (Å²) in [4.78, 5) is 0. The standard InChI is InChI=1S/C19H23N5O/c1-5-19(3,20-15-8-12-17(25-4)13-9-15)18-21-22-23-24(18)16-10-6-14(2)7-11-16/h6-13,20H,5H2,1-4H3/t19-/m0/s1. The Balaban J connectivity index is 1.94. The van der Waals surface area contributed by atoms with Crippen molar-refractivity contribution in [3.63, 3.8) is 0 Å². The van der Waals surface area contributed by atoms with Gasteiger partial charge >= 0.3 is 0 Å². The molecule has 0 saturated heterocycles. The van der Waals surface area contributed by atoms with E-state index in [0.29, 0.717) is 0 Å². The number of aryl methyl sites for hydroxylation is 1. The molecule has 0 spiro atoms. The largest absolute Gasteiger partial charge is 0.497 e. The van der Waals surface area contributed by atoms with Gasteiger partial charge in [-0.3, -0.25) is 0 Å². The van der Waals surface area contributed by atoms with Crippen molar-refractivity contribution in [2.75, 3.05) is 12.4 Å². The highest BCUT2D eigenvalue weighted by atomic mass is 16.5. The average molecular weight is 337 g/mol. The Bertz CT molecular complexity index is 826. The van der Waals surface area contributed by atoms with Crippen molar-refractivity contribution in [3.8, 4) is 11.4 Å². The molecule has 3 aromatic rings. The summed E-state index contributed by atoms with van der Waals surface area (Å²) in [5.74, 6) is 1.60. The van der Waals surface area contributed by atoms with Crippen LogP contribution in [0.3, 0.4) is 0 Å². The molecule has 6 nitrogen and oxygen atoms in total. The van der Waals surface area contributed by atoms with Gasteiger partial charge in [-0.25, -0.2) is 0 Å². The molecule has 1 heterocycles. The van der Waals surface area contributed by atoms with Crippen LogP contribution in [0.4, 0.5) is 5.69 Å². The summed E-state index contributed by atoms with van der Waals surface area (Å²) in [6.07, 6.45) is 0.825. The van der Waals surface area contributed by atoms with Gasteiger partial charge in [0.05, 0.1) is 18.3 Å². The van der Waals surface area contributed by atoms with Gasteiger partial charge in [-0.1, -0.05) is 24.6 Å². The maximum absolute atomic E-state index is 5.22. The van der Waals surface area contributed by atoms with E-state index >= 15 is 0 Å². The van der Waals surface area contributed by atoms with Crippen LogP contribution in [0.25, 0.3) is 5.69 Å². The zero-order chi connectivity index (χ0) is 17.9. The van der Waals surface area contributed by atoms with Gasteiger partial charge in [-0.05, 0) is 67.1 Å². The minimum Gasteiger partial charge on any atom is -0.497 e. The van der Waals surface area contributed by atoms with Crippen LogP contribution < -0.4 is 10.1 Å². The van der Waals surface area contributed by atoms with Crippen LogP contribution in [0.5, 0.6) is 5.75 Å². The molecule has 0 unspecified atom stereocenters. The van der Waals surface area contributed by atoms with Gasteiger partial charge in [0.2, 0.25) is 0 Å². The number of ether oxygens (including phenoxy) is 1. The minimum absolute atomic E-state index is 0.414. The van der Waals surface area contributed by atoms with Crippen LogP contribution in [0, 0.1) is 6.92 Å². The van der Waals surface area contributed by atoms with Gasteiger partial charge in [-0.2, -0.15) is 4.68 Å². The van der Waals surface area contributed by atoms with Gasteiger partial charge < -0.3 is 10.1 Å². The molecule has 0 amide bonds. The maximum atomic E-state index is 5.22. The van der Waals surface area contributed by atoms with Crippen LogP contribution >= 0.6 is 0 Å². The molecule has 0 bridgehead atoms. The van der Waals surface area contributed by atoms with Crippen LogP contribution in [0.2, 0.25) is 0 Å². The Hall–Kier alpha value is -2.89. The summed E-state index contributed by atoms with van der Waals surface area (Å²) in [5.41, 5.74) is 2.72. The lowest BCUT2D eigenvalue weighted by atomic mass is 9.97. The first-order chi connectivity index (χ1) is 12.1. The highest BCUT2D eigenvalue weighted by Gasteiger charge is 2.31. The van der Waals surface area contributed by atoms with Crippen molar-refractivity contribution in [1.82, 2.24) is 20.2 Å². The fraction of sp³-hybridized carbons (Fsp3) is 0.316. The van der Waals surface area contributed by atoms with Crippen molar-refractivity contribution < 1.29 is 4.74 Å². The van der Waals surface area contributed by atoms with E-state index < -0.39 is 5.54 Å². The number of hydrogen-bond donors (Lipinski definition) is 1. The predicted molar refractivity (Wildman–Crippen MR) is 98.2 cm³/mol. The molecular weight excluding hydrogens is 314 g/mol. The molecule has 130 valence electrons. The smallest absolute Gasteiger partial charge is 0.181 e. The monoisotopic (exact) mass is 337 g/mol. The quantitative estimate of drug-likeness (QED) is 0.743. The van der Waals surface area contributed by atoms with E-state index in [-0.39, 0.29) is 0 Å². The maximum Gasteiger partial charge on any atom is 0.181 e. The Kier molecular flexibility index (Phi) is 4.70. The molecular formula is C19H23N5O. The molecule has 0 aliphatic carbocycles. The summed E-state index contributed by atoms with van der Waals surface area (Å²) in [7, 11) is 1.66. The second kappa shape index (κ2) is 6.93. The Morgan fingerprint density at radius 1 is 1.08 bits per heavy atom. The minimum atomic E-state index is -0.414. The van der Waals surface area contributed by atoms with Crippen molar-refractivity contribution in [3.05, 3.63) is 59.9 Å². The Labute approximate surface area is 147 Å². The number of nitrogens with zero attached hydrogens (tertiary/aromatic N) is 4. The molecule has 0 aliphatic heterocycles. The van der Waals surface area contributed by atoms with E-state index in [9.17, 15) is 0 Å². The van der Waals surface area contributed by atoms with Gasteiger partial charge in [0, 0.05) is 5.69 Å². The number of nitrogens with one attached hydrogen (secondary N) is 1. The number of aromatic nitrogens is 4. The average Bonchev–Trinajstić information content (AvgIpc) is 3.13. The van der Waals surface area contributed by atoms with E-state index in [4.69, 9.17) is 4.74 Å². The van der Waals surface area contributed by atoms with E-state index in [0.717, 1.165) is 29.4 Å². The van der Waals surface area contributed by atoms with Gasteiger partial charge in [0.15, 0.2) is 5.82 Å². The normalized spacial score (nSPS) is 13.3. The lowest BCUT2D eigenvalue weighted by Gasteiger charge is -2.29. The number of anilines is 1. The van der Waals surface area contributed by atoms with Crippen LogP contribution in [-0.2, 0) is 5.54 Å². The molecule has 1 atom stereocenters. The second-order valence-corrected chi connectivity index (χ2v) is 6.29. The summed E-state index contributed by atoms with van der Waals surface area (Å²) in [6.45, 7) is 6.28. The zero-order valence-corrected chi connectivity index (χ0v) is 15.0. The second-order valence-electron chi connectivity index (χ2n) is 6.29. The lowest BCUT2D eigenvalue weighted by Crippen LogP contribution is -2.34. The van der Waals surface area contributed by atoms with E-state index in [1.165, 1.54) is 5.56 Å². The number of hydrogen-bond acceptors (Lipinski definition) is 5. The third-order valence-corrected chi connectivity index (χ3v) is 4.46. The van der Waals surface area contributed by atoms with Crippen molar-refractivity contribution in [2.24, 2.45) is 0 Å². The van der Waals surface area contributed by atoms with Crippen LogP contribution in [-0.4, -0.2) is 27.3 Å². The highest BCUT2D eigenvalue weighted by molar-refractivity contribution is 5.49. The highest BCUT2D eigenvalue weighted by Crippen LogP contribution is 2.29. The molecule has 25 heavy (non-hydrogen) atoms. The molecule has 0 fully saturated rings. The summed E-state index contributed by atoms with van der Waals surface area (Å²) < 4.78 is 7.01. The third kappa shape index (κ3) is 3.47. The molecule has 0 saturated carbocycles. The first kappa shape index (κ1) is 17.0. The van der Waals surface area contributed by atoms with E-state index in [1.54, 1.807) is 11.8 Å². The van der Waals surface area contributed by atoms with Gasteiger partial charge in [-0.15, -0.1) is 5.10 Å².